The summed E-state index contributed by atoms with van der Waals surface area (Å²) in [7, 11) is 1.46. The summed E-state index contributed by atoms with van der Waals surface area (Å²) >= 11 is 0. The van der Waals surface area contributed by atoms with E-state index in [0.717, 1.165) is 30.5 Å². The summed E-state index contributed by atoms with van der Waals surface area (Å²) in [6, 6.07) is 16.0. The number of hydrogen-bond acceptors (Lipinski definition) is 6. The van der Waals surface area contributed by atoms with Crippen molar-refractivity contribution in [3.8, 4) is 29.7 Å². The lowest BCUT2D eigenvalue weighted by molar-refractivity contribution is -0.137. The Kier molecular flexibility index (Phi) is 6.88. The number of alkyl halides is 3. The number of allylic oxidation sites excluding steroid dienone is 4. The summed E-state index contributed by atoms with van der Waals surface area (Å²) < 4.78 is 50.4. The molecule has 2 aliphatic carbocycles. The Balaban J connectivity index is 1.77. The fourth-order valence-corrected chi connectivity index (χ4v) is 5.28. The second-order valence-corrected chi connectivity index (χ2v) is 8.99. The zero-order chi connectivity index (χ0) is 26.8. The van der Waals surface area contributed by atoms with Gasteiger partial charge >= 0.3 is 6.18 Å². The van der Waals surface area contributed by atoms with Gasteiger partial charge in [0.25, 0.3) is 0 Å². The van der Waals surface area contributed by atoms with Crippen molar-refractivity contribution in [3.63, 3.8) is 0 Å². The minimum Gasteiger partial charge on any atom is -0.496 e. The van der Waals surface area contributed by atoms with E-state index in [9.17, 15) is 29.0 Å². The van der Waals surface area contributed by atoms with Crippen LogP contribution in [0.25, 0.3) is 0 Å². The summed E-state index contributed by atoms with van der Waals surface area (Å²) in [5, 5.41) is 30.2. The number of halogens is 3. The minimum atomic E-state index is -4.50. The summed E-state index contributed by atoms with van der Waals surface area (Å²) in [6.07, 6.45) is -0.287. The molecule has 2 atom stereocenters. The van der Waals surface area contributed by atoms with E-state index in [0.29, 0.717) is 23.3 Å². The number of benzene rings is 2. The third-order valence-corrected chi connectivity index (χ3v) is 7.02. The normalized spacial score (nSPS) is 20.5. The molecule has 37 heavy (non-hydrogen) atoms. The molecule has 0 saturated heterocycles. The molecule has 0 spiro atoms. The van der Waals surface area contributed by atoms with Gasteiger partial charge < -0.3 is 15.2 Å². The van der Waals surface area contributed by atoms with Crippen LogP contribution in [0.4, 0.5) is 13.2 Å². The minimum absolute atomic E-state index is 0.0340. The number of nitriles is 3. The zero-order valence-electron chi connectivity index (χ0n) is 20.0. The number of fused-ring (bicyclic) bond motifs is 1. The highest BCUT2D eigenvalue weighted by Crippen LogP contribution is 2.56. The molecule has 0 amide bonds. The number of ether oxygens (including phenoxy) is 2. The number of rotatable bonds is 5. The smallest absolute Gasteiger partial charge is 0.416 e. The van der Waals surface area contributed by atoms with Gasteiger partial charge in [-0.25, -0.2) is 0 Å². The largest absolute Gasteiger partial charge is 0.496 e. The Morgan fingerprint density at radius 2 is 1.86 bits per heavy atom. The quantitative estimate of drug-likeness (QED) is 0.543. The first-order chi connectivity index (χ1) is 17.7. The van der Waals surface area contributed by atoms with Crippen molar-refractivity contribution in [1.82, 2.24) is 0 Å². The molecule has 2 aromatic rings. The first-order valence-corrected chi connectivity index (χ1v) is 11.6. The molecule has 0 saturated carbocycles. The van der Waals surface area contributed by atoms with Crippen LogP contribution in [-0.2, 0) is 12.8 Å². The van der Waals surface area contributed by atoms with Crippen molar-refractivity contribution in [2.75, 3.05) is 7.11 Å². The molecule has 4 rings (SSSR count). The molecule has 2 aromatic carbocycles. The maximum Gasteiger partial charge on any atom is 0.416 e. The monoisotopic (exact) mass is 504 g/mol. The Hall–Kier alpha value is -4.42. The molecule has 188 valence electrons. The van der Waals surface area contributed by atoms with E-state index in [-0.39, 0.29) is 29.5 Å². The third-order valence-electron chi connectivity index (χ3n) is 7.02. The Bertz CT molecular complexity index is 1390. The molecular formula is C28H23F3N4O2. The standard InChI is InChI=1S/C28H23F3N4O2/c1-36-24-10-9-17(11-18(24)14-37-20-6-4-5-19(12-20)28(29,30)31)25-22-8-3-2-7-21(22)23(13-32)26(35)27(25,15-33)16-34/h4-7,9-12,22,25H,2-3,8,14,35H2,1H3. The van der Waals surface area contributed by atoms with Crippen LogP contribution in [0.15, 0.2) is 65.4 Å². The fourth-order valence-electron chi connectivity index (χ4n) is 5.28. The molecule has 0 radical (unpaired) electrons. The summed E-state index contributed by atoms with van der Waals surface area (Å²) in [6.45, 7) is -0.112. The van der Waals surface area contributed by atoms with E-state index in [2.05, 4.69) is 18.2 Å². The predicted octanol–water partition coefficient (Wildman–Crippen LogP) is 5.89. The molecule has 0 bridgehead atoms. The van der Waals surface area contributed by atoms with Crippen molar-refractivity contribution >= 4 is 0 Å². The number of nitrogens with two attached hydrogens (primary N) is 1. The van der Waals surface area contributed by atoms with Crippen LogP contribution >= 0.6 is 0 Å². The predicted molar refractivity (Wildman–Crippen MR) is 127 cm³/mol. The highest BCUT2D eigenvalue weighted by atomic mass is 19.4. The highest BCUT2D eigenvalue weighted by molar-refractivity contribution is 5.59. The van der Waals surface area contributed by atoms with Gasteiger partial charge in [-0.1, -0.05) is 18.2 Å². The Morgan fingerprint density at radius 1 is 1.11 bits per heavy atom. The fraction of sp³-hybridized carbons (Fsp3) is 0.321. The first kappa shape index (κ1) is 25.7. The number of nitrogens with zero attached hydrogens (tertiary/aromatic N) is 3. The summed E-state index contributed by atoms with van der Waals surface area (Å²) in [5.74, 6) is -0.469. The average Bonchev–Trinajstić information content (AvgIpc) is 2.91. The average molecular weight is 505 g/mol. The van der Waals surface area contributed by atoms with Gasteiger partial charge in [-0.05, 0) is 66.6 Å². The molecule has 2 N–H and O–H groups in total. The molecule has 9 heteroatoms. The van der Waals surface area contributed by atoms with E-state index in [4.69, 9.17) is 15.2 Å². The van der Waals surface area contributed by atoms with E-state index < -0.39 is 23.1 Å². The topological polar surface area (TPSA) is 116 Å². The molecule has 0 aromatic heterocycles. The molecule has 0 aliphatic heterocycles. The van der Waals surface area contributed by atoms with Crippen LogP contribution in [0.5, 0.6) is 11.5 Å². The molecular weight excluding hydrogens is 481 g/mol. The van der Waals surface area contributed by atoms with E-state index >= 15 is 0 Å². The van der Waals surface area contributed by atoms with Gasteiger partial charge in [-0.2, -0.15) is 29.0 Å². The summed E-state index contributed by atoms with van der Waals surface area (Å²) in [5.41, 5.74) is 5.76. The lowest BCUT2D eigenvalue weighted by Gasteiger charge is -2.43. The van der Waals surface area contributed by atoms with Crippen LogP contribution in [-0.4, -0.2) is 7.11 Å². The Labute approximate surface area is 212 Å². The maximum absolute atomic E-state index is 13.1. The molecule has 2 aliphatic rings. The van der Waals surface area contributed by atoms with Crippen molar-refractivity contribution in [2.45, 2.75) is 38.0 Å². The number of methoxy groups -OCH3 is 1. The van der Waals surface area contributed by atoms with Gasteiger partial charge in [-0.3, -0.25) is 0 Å². The van der Waals surface area contributed by atoms with Crippen LogP contribution in [0.3, 0.4) is 0 Å². The van der Waals surface area contributed by atoms with E-state index in [1.165, 1.54) is 19.2 Å². The summed E-state index contributed by atoms with van der Waals surface area (Å²) in [4.78, 5) is 0. The van der Waals surface area contributed by atoms with Crippen molar-refractivity contribution in [1.29, 1.82) is 15.8 Å². The van der Waals surface area contributed by atoms with Crippen LogP contribution < -0.4 is 15.2 Å². The molecule has 2 unspecified atom stereocenters. The first-order valence-electron chi connectivity index (χ1n) is 11.6. The zero-order valence-corrected chi connectivity index (χ0v) is 20.0. The lowest BCUT2D eigenvalue weighted by atomic mass is 9.56. The Morgan fingerprint density at radius 3 is 2.51 bits per heavy atom. The van der Waals surface area contributed by atoms with Gasteiger partial charge in [-0.15, -0.1) is 0 Å². The molecule has 6 nitrogen and oxygen atoms in total. The SMILES string of the molecule is COc1ccc(C2C3CCCC=C3C(C#N)=C(N)C2(C#N)C#N)cc1COc1cccc(C(F)(F)F)c1. The van der Waals surface area contributed by atoms with Crippen molar-refractivity contribution in [2.24, 2.45) is 17.1 Å². The van der Waals surface area contributed by atoms with Gasteiger partial charge in [0, 0.05) is 11.5 Å². The second-order valence-electron chi connectivity index (χ2n) is 8.99. The van der Waals surface area contributed by atoms with E-state index in [1.807, 2.05) is 6.08 Å². The maximum atomic E-state index is 13.1. The van der Waals surface area contributed by atoms with Gasteiger partial charge in [0.2, 0.25) is 0 Å². The van der Waals surface area contributed by atoms with Gasteiger partial charge in [0.15, 0.2) is 5.41 Å². The van der Waals surface area contributed by atoms with Crippen LogP contribution in [0.1, 0.15) is 41.9 Å². The highest BCUT2D eigenvalue weighted by Gasteiger charge is 2.53. The third kappa shape index (κ3) is 4.47. The van der Waals surface area contributed by atoms with Crippen molar-refractivity contribution in [3.05, 3.63) is 82.1 Å². The van der Waals surface area contributed by atoms with Crippen LogP contribution in [0, 0.1) is 45.3 Å². The number of hydrogen-bond donors (Lipinski definition) is 1. The lowest BCUT2D eigenvalue weighted by Crippen LogP contribution is -2.42. The van der Waals surface area contributed by atoms with Crippen molar-refractivity contribution < 1.29 is 22.6 Å². The van der Waals surface area contributed by atoms with E-state index in [1.54, 1.807) is 18.2 Å². The molecule has 0 fully saturated rings. The molecule has 0 heterocycles. The van der Waals surface area contributed by atoms with Crippen LogP contribution in [0.2, 0.25) is 0 Å². The van der Waals surface area contributed by atoms with Gasteiger partial charge in [0.05, 0.1) is 36.1 Å². The second kappa shape index (κ2) is 9.91. The van der Waals surface area contributed by atoms with Gasteiger partial charge in [0.1, 0.15) is 24.2 Å².